The fourth-order valence-electron chi connectivity index (χ4n) is 1.15. The van der Waals surface area contributed by atoms with Crippen LogP contribution < -0.4 is 5.32 Å². The van der Waals surface area contributed by atoms with Gasteiger partial charge < -0.3 is 5.32 Å². The van der Waals surface area contributed by atoms with Crippen molar-refractivity contribution in [1.29, 1.82) is 0 Å². The molecule has 84 valence electrons. The van der Waals surface area contributed by atoms with Crippen LogP contribution in [0.1, 0.15) is 47.5 Å². The molecule has 0 saturated carbocycles. The molecule has 0 amide bonds. The van der Waals surface area contributed by atoms with Crippen LogP contribution in [0.25, 0.3) is 0 Å². The topological polar surface area (TPSA) is 12.0 Å². The molecule has 1 nitrogen and oxygen atoms in total. The average Bonchev–Trinajstić information content (AvgIpc) is 2.09. The SMILES string of the molecule is C=CCCC(C)NCC(C)C(C)(C)C. The van der Waals surface area contributed by atoms with Gasteiger partial charge in [-0.05, 0) is 37.6 Å². The summed E-state index contributed by atoms with van der Waals surface area (Å²) in [5.74, 6) is 0.716. The van der Waals surface area contributed by atoms with E-state index in [9.17, 15) is 0 Å². The standard InChI is InChI=1S/C13H27N/c1-7-8-9-12(3)14-10-11(2)13(4,5)6/h7,11-12,14H,1,8-10H2,2-6H3. The van der Waals surface area contributed by atoms with Gasteiger partial charge in [0.1, 0.15) is 0 Å². The van der Waals surface area contributed by atoms with E-state index < -0.39 is 0 Å². The molecule has 0 heterocycles. The summed E-state index contributed by atoms with van der Waals surface area (Å²) in [4.78, 5) is 0. The third kappa shape index (κ3) is 6.20. The second-order valence-electron chi connectivity index (χ2n) is 5.44. The predicted octanol–water partition coefficient (Wildman–Crippen LogP) is 3.61. The van der Waals surface area contributed by atoms with E-state index in [0.29, 0.717) is 17.4 Å². The number of allylic oxidation sites excluding steroid dienone is 1. The summed E-state index contributed by atoms with van der Waals surface area (Å²) >= 11 is 0. The molecule has 0 radical (unpaired) electrons. The first-order valence-electron chi connectivity index (χ1n) is 5.72. The third-order valence-corrected chi connectivity index (χ3v) is 3.05. The maximum Gasteiger partial charge on any atom is 0.00417 e. The Hall–Kier alpha value is -0.300. The molecule has 1 heteroatoms. The van der Waals surface area contributed by atoms with Gasteiger partial charge in [-0.2, -0.15) is 0 Å². The fraction of sp³-hybridized carbons (Fsp3) is 0.846. The van der Waals surface area contributed by atoms with Crippen molar-refractivity contribution in [2.75, 3.05) is 6.54 Å². The van der Waals surface area contributed by atoms with Crippen molar-refractivity contribution in [1.82, 2.24) is 5.32 Å². The Balaban J connectivity index is 3.66. The lowest BCUT2D eigenvalue weighted by Crippen LogP contribution is -2.34. The molecular weight excluding hydrogens is 170 g/mol. The Morgan fingerprint density at radius 2 is 1.86 bits per heavy atom. The van der Waals surface area contributed by atoms with E-state index in [1.54, 1.807) is 0 Å². The second kappa shape index (κ2) is 6.23. The highest BCUT2D eigenvalue weighted by atomic mass is 14.9. The molecule has 0 aromatic rings. The van der Waals surface area contributed by atoms with E-state index in [1.165, 1.54) is 6.42 Å². The third-order valence-electron chi connectivity index (χ3n) is 3.05. The Labute approximate surface area is 90.0 Å². The molecule has 14 heavy (non-hydrogen) atoms. The Bertz CT molecular complexity index is 155. The van der Waals surface area contributed by atoms with Crippen LogP contribution in [-0.4, -0.2) is 12.6 Å². The molecule has 0 fully saturated rings. The zero-order valence-electron chi connectivity index (χ0n) is 10.6. The number of hydrogen-bond donors (Lipinski definition) is 1. The highest BCUT2D eigenvalue weighted by Crippen LogP contribution is 2.24. The summed E-state index contributed by atoms with van der Waals surface area (Å²) < 4.78 is 0. The van der Waals surface area contributed by atoms with Crippen LogP contribution in [0.15, 0.2) is 12.7 Å². The molecule has 0 aliphatic carbocycles. The molecule has 0 saturated heterocycles. The van der Waals surface area contributed by atoms with Crippen molar-refractivity contribution in [2.45, 2.75) is 53.5 Å². The number of nitrogens with one attached hydrogen (secondary N) is 1. The normalized spacial score (nSPS) is 16.4. The van der Waals surface area contributed by atoms with Gasteiger partial charge in [0.2, 0.25) is 0 Å². The van der Waals surface area contributed by atoms with Gasteiger partial charge in [0.25, 0.3) is 0 Å². The molecule has 0 aromatic heterocycles. The quantitative estimate of drug-likeness (QED) is 0.641. The zero-order valence-corrected chi connectivity index (χ0v) is 10.6. The lowest BCUT2D eigenvalue weighted by Gasteiger charge is -2.28. The monoisotopic (exact) mass is 197 g/mol. The summed E-state index contributed by atoms with van der Waals surface area (Å²) in [5.41, 5.74) is 0.408. The minimum Gasteiger partial charge on any atom is -0.314 e. The van der Waals surface area contributed by atoms with Gasteiger partial charge in [0, 0.05) is 6.04 Å². The Morgan fingerprint density at radius 3 is 2.29 bits per heavy atom. The van der Waals surface area contributed by atoms with Crippen LogP contribution in [0.5, 0.6) is 0 Å². The van der Waals surface area contributed by atoms with E-state index in [0.717, 1.165) is 13.0 Å². The summed E-state index contributed by atoms with van der Waals surface area (Å²) in [6.45, 7) is 16.3. The van der Waals surface area contributed by atoms with Crippen molar-refractivity contribution >= 4 is 0 Å². The maximum absolute atomic E-state index is 3.74. The first kappa shape index (κ1) is 13.7. The average molecular weight is 197 g/mol. The van der Waals surface area contributed by atoms with Gasteiger partial charge in [-0.3, -0.25) is 0 Å². The molecule has 0 rings (SSSR count). The van der Waals surface area contributed by atoms with Gasteiger partial charge in [-0.15, -0.1) is 6.58 Å². The van der Waals surface area contributed by atoms with Crippen molar-refractivity contribution < 1.29 is 0 Å². The van der Waals surface area contributed by atoms with Gasteiger partial charge >= 0.3 is 0 Å². The van der Waals surface area contributed by atoms with Crippen LogP contribution in [0.3, 0.4) is 0 Å². The van der Waals surface area contributed by atoms with Gasteiger partial charge in [0.15, 0.2) is 0 Å². The van der Waals surface area contributed by atoms with Crippen LogP contribution in [0.4, 0.5) is 0 Å². The van der Waals surface area contributed by atoms with Crippen LogP contribution >= 0.6 is 0 Å². The molecule has 0 bridgehead atoms. The van der Waals surface area contributed by atoms with Gasteiger partial charge in [-0.1, -0.05) is 33.8 Å². The summed E-state index contributed by atoms with van der Waals surface area (Å²) in [6, 6.07) is 0.609. The lowest BCUT2D eigenvalue weighted by atomic mass is 9.82. The van der Waals surface area contributed by atoms with Crippen molar-refractivity contribution in [3.05, 3.63) is 12.7 Å². The van der Waals surface area contributed by atoms with Crippen molar-refractivity contribution in [3.8, 4) is 0 Å². The summed E-state index contributed by atoms with van der Waals surface area (Å²) in [7, 11) is 0. The highest BCUT2D eigenvalue weighted by Gasteiger charge is 2.19. The number of hydrogen-bond acceptors (Lipinski definition) is 1. The Morgan fingerprint density at radius 1 is 1.29 bits per heavy atom. The van der Waals surface area contributed by atoms with Crippen molar-refractivity contribution in [3.63, 3.8) is 0 Å². The highest BCUT2D eigenvalue weighted by molar-refractivity contribution is 4.75. The van der Waals surface area contributed by atoms with Gasteiger partial charge in [0.05, 0.1) is 0 Å². The van der Waals surface area contributed by atoms with E-state index >= 15 is 0 Å². The smallest absolute Gasteiger partial charge is 0.00417 e. The van der Waals surface area contributed by atoms with Gasteiger partial charge in [-0.25, -0.2) is 0 Å². The van der Waals surface area contributed by atoms with Crippen LogP contribution in [0.2, 0.25) is 0 Å². The second-order valence-corrected chi connectivity index (χ2v) is 5.44. The zero-order chi connectivity index (χ0) is 11.2. The van der Waals surface area contributed by atoms with Crippen LogP contribution in [-0.2, 0) is 0 Å². The molecule has 1 N–H and O–H groups in total. The van der Waals surface area contributed by atoms with E-state index in [2.05, 4.69) is 46.5 Å². The lowest BCUT2D eigenvalue weighted by molar-refractivity contribution is 0.245. The van der Waals surface area contributed by atoms with E-state index in [4.69, 9.17) is 0 Å². The summed E-state index contributed by atoms with van der Waals surface area (Å²) in [6.07, 6.45) is 4.30. The first-order chi connectivity index (χ1) is 6.38. The molecule has 0 aromatic carbocycles. The molecule has 0 aliphatic heterocycles. The summed E-state index contributed by atoms with van der Waals surface area (Å²) in [5, 5.41) is 3.58. The predicted molar refractivity (Wildman–Crippen MR) is 65.5 cm³/mol. The largest absolute Gasteiger partial charge is 0.314 e. The molecule has 0 spiro atoms. The molecule has 2 unspecified atom stereocenters. The Kier molecular flexibility index (Phi) is 6.10. The molecule has 0 aliphatic rings. The minimum absolute atomic E-state index is 0.408. The first-order valence-corrected chi connectivity index (χ1v) is 5.72. The minimum atomic E-state index is 0.408. The van der Waals surface area contributed by atoms with Crippen LogP contribution in [0, 0.1) is 11.3 Å². The van der Waals surface area contributed by atoms with E-state index in [-0.39, 0.29) is 0 Å². The molecule has 2 atom stereocenters. The van der Waals surface area contributed by atoms with Crippen molar-refractivity contribution in [2.24, 2.45) is 11.3 Å². The van der Waals surface area contributed by atoms with E-state index in [1.807, 2.05) is 6.08 Å². The molecular formula is C13H27N. The fourth-order valence-corrected chi connectivity index (χ4v) is 1.15. The number of rotatable bonds is 6. The maximum atomic E-state index is 3.74.